The monoisotopic (exact) mass is 508 g/mol. The summed E-state index contributed by atoms with van der Waals surface area (Å²) in [5.41, 5.74) is -6.07. The van der Waals surface area contributed by atoms with Gasteiger partial charge in [-0.3, -0.25) is 4.79 Å². The van der Waals surface area contributed by atoms with Crippen molar-refractivity contribution in [1.29, 1.82) is 0 Å². The molecule has 2 aromatic heterocycles. The van der Waals surface area contributed by atoms with Gasteiger partial charge in [-0.15, -0.1) is 0 Å². The number of alkyl halides is 3. The van der Waals surface area contributed by atoms with Gasteiger partial charge in [0.1, 0.15) is 34.2 Å². The van der Waals surface area contributed by atoms with E-state index in [9.17, 15) is 23.1 Å². The van der Waals surface area contributed by atoms with Crippen molar-refractivity contribution in [1.82, 2.24) is 14.5 Å². The van der Waals surface area contributed by atoms with Crippen LogP contribution in [0, 0.1) is 24.5 Å². The molecule has 6 rings (SSSR count). The van der Waals surface area contributed by atoms with Gasteiger partial charge in [-0.25, -0.2) is 18.7 Å². The predicted octanol–water partition coefficient (Wildman–Crippen LogP) is 4.92. The number of aryl methyl sites for hydroxylation is 1. The van der Waals surface area contributed by atoms with Crippen molar-refractivity contribution in [2.75, 3.05) is 5.32 Å². The van der Waals surface area contributed by atoms with E-state index in [0.29, 0.717) is 12.8 Å². The minimum atomic E-state index is -3.86. The number of aliphatic hydroxyl groups is 1. The van der Waals surface area contributed by atoms with Crippen molar-refractivity contribution in [2.45, 2.75) is 69.8 Å². The Hall–Kier alpha value is -3.08. The summed E-state index contributed by atoms with van der Waals surface area (Å²) in [6.07, 6.45) is 2.15. The first-order chi connectivity index (χ1) is 16.7. The molecule has 3 aromatic rings. The maximum atomic E-state index is 15.1. The number of hydrogen-bond donors (Lipinski definition) is 2. The number of pyridine rings is 1. The molecule has 3 saturated carbocycles. The minimum Gasteiger partial charge on any atom is -0.384 e. The fourth-order valence-corrected chi connectivity index (χ4v) is 5.32. The van der Waals surface area contributed by atoms with Crippen molar-refractivity contribution >= 4 is 16.7 Å². The van der Waals surface area contributed by atoms with Crippen LogP contribution in [-0.4, -0.2) is 30.9 Å². The molecule has 2 bridgehead atoms. The van der Waals surface area contributed by atoms with Crippen molar-refractivity contribution in [3.8, 4) is 0 Å². The van der Waals surface area contributed by atoms with Crippen LogP contribution in [0.3, 0.4) is 0 Å². The second kappa shape index (κ2) is 7.96. The molecule has 1 atom stereocenters. The van der Waals surface area contributed by atoms with Gasteiger partial charge in [-0.1, -0.05) is 12.1 Å². The van der Waals surface area contributed by atoms with Crippen LogP contribution in [0.5, 0.6) is 0 Å². The zero-order chi connectivity index (χ0) is 26.2. The number of benzene rings is 1. The van der Waals surface area contributed by atoms with Crippen LogP contribution >= 0.6 is 0 Å². The lowest BCUT2D eigenvalue weighted by Crippen LogP contribution is -2.41. The number of rotatable bonds is 6. The Morgan fingerprint density at radius 1 is 1.17 bits per heavy atom. The zero-order valence-corrected chi connectivity index (χ0v) is 19.9. The van der Waals surface area contributed by atoms with Gasteiger partial charge < -0.3 is 15.0 Å². The standard InChI is InChI=1S/C25H25F5N4O2/c1-12-32-20-15(11-34(22(35)19(20)27)17-9-24(28)7-14(17)8-24)21(33-12)31-10-13-5-4-6-16(18(13)26)25(29,30)23(2,3)36/h4-6,11,14,17,36H,7-10H2,1-3H3,(H,31,32,33)/t14?,17-,24?/m0/s1. The number of halogens is 5. The summed E-state index contributed by atoms with van der Waals surface area (Å²) in [5.74, 6) is -6.02. The highest BCUT2D eigenvalue weighted by Gasteiger charge is 2.57. The third kappa shape index (κ3) is 3.75. The average molecular weight is 508 g/mol. The predicted molar refractivity (Wildman–Crippen MR) is 123 cm³/mol. The number of nitrogens with zero attached hydrogens (tertiary/aromatic N) is 3. The van der Waals surface area contributed by atoms with E-state index < -0.39 is 46.0 Å². The molecule has 0 saturated heterocycles. The number of anilines is 1. The topological polar surface area (TPSA) is 80.0 Å². The van der Waals surface area contributed by atoms with Gasteiger partial charge in [0.25, 0.3) is 5.56 Å². The second-order valence-corrected chi connectivity index (χ2v) is 10.4. The number of fused-ring (bicyclic) bond motifs is 2. The zero-order valence-electron chi connectivity index (χ0n) is 19.9. The fourth-order valence-electron chi connectivity index (χ4n) is 5.32. The van der Waals surface area contributed by atoms with Crippen molar-refractivity contribution in [2.24, 2.45) is 5.92 Å². The van der Waals surface area contributed by atoms with Gasteiger partial charge in [0.15, 0.2) is 0 Å². The van der Waals surface area contributed by atoms with E-state index >= 15 is 8.78 Å². The molecule has 3 aliphatic rings. The van der Waals surface area contributed by atoms with Crippen LogP contribution in [0.4, 0.5) is 27.8 Å². The molecule has 11 heteroatoms. The van der Waals surface area contributed by atoms with E-state index in [2.05, 4.69) is 15.3 Å². The summed E-state index contributed by atoms with van der Waals surface area (Å²) in [6.45, 7) is 2.97. The SMILES string of the molecule is Cc1nc(NCc2cccc(C(F)(F)C(C)(C)O)c2F)c2cn([C@H]3CC4(F)CC3C4)c(=O)c(F)c2n1. The highest BCUT2D eigenvalue weighted by molar-refractivity contribution is 5.88. The van der Waals surface area contributed by atoms with Crippen LogP contribution in [-0.2, 0) is 12.5 Å². The molecule has 2 N–H and O–H groups in total. The molecule has 1 aromatic carbocycles. The lowest BCUT2D eigenvalue weighted by atomic mass is 9.81. The average Bonchev–Trinajstić information content (AvgIpc) is 3.28. The second-order valence-electron chi connectivity index (χ2n) is 10.4. The van der Waals surface area contributed by atoms with Crippen molar-refractivity contribution in [3.05, 3.63) is 63.3 Å². The van der Waals surface area contributed by atoms with Crippen LogP contribution in [0.25, 0.3) is 10.9 Å². The van der Waals surface area contributed by atoms with E-state index in [-0.39, 0.29) is 47.0 Å². The Morgan fingerprint density at radius 2 is 1.86 bits per heavy atom. The first-order valence-corrected chi connectivity index (χ1v) is 11.6. The Morgan fingerprint density at radius 3 is 2.47 bits per heavy atom. The van der Waals surface area contributed by atoms with Crippen LogP contribution in [0.2, 0.25) is 0 Å². The van der Waals surface area contributed by atoms with Gasteiger partial charge in [-0.2, -0.15) is 13.2 Å². The Bertz CT molecular complexity index is 1430. The molecule has 2 heterocycles. The molecule has 3 aliphatic carbocycles. The Balaban J connectivity index is 1.53. The lowest BCUT2D eigenvalue weighted by Gasteiger charge is -2.30. The summed E-state index contributed by atoms with van der Waals surface area (Å²) < 4.78 is 75.1. The maximum absolute atomic E-state index is 15.1. The molecular weight excluding hydrogens is 483 g/mol. The molecule has 0 radical (unpaired) electrons. The van der Waals surface area contributed by atoms with E-state index in [1.807, 2.05) is 0 Å². The number of aromatic nitrogens is 3. The van der Waals surface area contributed by atoms with Crippen LogP contribution in [0.1, 0.15) is 56.1 Å². The molecule has 0 spiro atoms. The summed E-state index contributed by atoms with van der Waals surface area (Å²) in [5, 5.41) is 12.8. The highest BCUT2D eigenvalue weighted by Crippen LogP contribution is 2.59. The summed E-state index contributed by atoms with van der Waals surface area (Å²) in [6, 6.07) is 2.95. The largest absolute Gasteiger partial charge is 0.384 e. The molecule has 0 aliphatic heterocycles. The van der Waals surface area contributed by atoms with Crippen LogP contribution < -0.4 is 10.9 Å². The Kier molecular flexibility index (Phi) is 5.44. The van der Waals surface area contributed by atoms with Gasteiger partial charge in [-0.05, 0) is 45.6 Å². The molecule has 0 unspecified atom stereocenters. The minimum absolute atomic E-state index is 0.0680. The lowest BCUT2D eigenvalue weighted by molar-refractivity contribution is -0.170. The molecule has 0 amide bonds. The first kappa shape index (κ1) is 24.6. The normalized spacial score (nSPS) is 23.7. The van der Waals surface area contributed by atoms with Crippen molar-refractivity contribution < 1.29 is 27.1 Å². The molecule has 36 heavy (non-hydrogen) atoms. The number of nitrogens with one attached hydrogen (secondary N) is 1. The third-order valence-corrected chi connectivity index (χ3v) is 7.32. The van der Waals surface area contributed by atoms with E-state index in [0.717, 1.165) is 19.9 Å². The van der Waals surface area contributed by atoms with E-state index in [1.165, 1.54) is 29.8 Å². The van der Waals surface area contributed by atoms with Gasteiger partial charge >= 0.3 is 5.92 Å². The maximum Gasteiger partial charge on any atom is 0.303 e. The van der Waals surface area contributed by atoms with E-state index in [4.69, 9.17) is 0 Å². The summed E-state index contributed by atoms with van der Waals surface area (Å²) in [4.78, 5) is 21.0. The molecule has 3 fully saturated rings. The smallest absolute Gasteiger partial charge is 0.303 e. The summed E-state index contributed by atoms with van der Waals surface area (Å²) >= 11 is 0. The fraction of sp³-hybridized carbons (Fsp3) is 0.480. The Labute approximate surface area is 203 Å². The van der Waals surface area contributed by atoms with Crippen LogP contribution in [0.15, 0.2) is 29.2 Å². The molecular formula is C25H25F5N4O2. The summed E-state index contributed by atoms with van der Waals surface area (Å²) in [7, 11) is 0. The number of hydrogen-bond acceptors (Lipinski definition) is 5. The van der Waals surface area contributed by atoms with Gasteiger partial charge in [0, 0.05) is 30.8 Å². The first-order valence-electron chi connectivity index (χ1n) is 11.6. The highest BCUT2D eigenvalue weighted by atomic mass is 19.3. The quantitative estimate of drug-likeness (QED) is 0.463. The molecule has 192 valence electrons. The van der Waals surface area contributed by atoms with Gasteiger partial charge in [0.05, 0.1) is 10.9 Å². The third-order valence-electron chi connectivity index (χ3n) is 7.32. The van der Waals surface area contributed by atoms with Crippen molar-refractivity contribution in [3.63, 3.8) is 0 Å². The molecule has 6 nitrogen and oxygen atoms in total. The van der Waals surface area contributed by atoms with Gasteiger partial charge in [0.2, 0.25) is 5.82 Å². The van der Waals surface area contributed by atoms with E-state index in [1.54, 1.807) is 0 Å².